The second-order valence-corrected chi connectivity index (χ2v) is 6.75. The molecular weight excluding hydrogens is 198 g/mol. The Morgan fingerprint density at radius 2 is 2.29 bits per heavy atom. The highest BCUT2D eigenvalue weighted by Crippen LogP contribution is 2.46. The lowest BCUT2D eigenvalue weighted by Crippen LogP contribution is -1.79. The van der Waals surface area contributed by atoms with E-state index in [-0.39, 0.29) is 0 Å². The first-order valence-electron chi connectivity index (χ1n) is 1.88. The summed E-state index contributed by atoms with van der Waals surface area (Å²) in [6.07, 6.45) is 0.578. The van der Waals surface area contributed by atoms with Crippen LogP contribution in [0.1, 0.15) is 0 Å². The van der Waals surface area contributed by atoms with Crippen molar-refractivity contribution in [2.45, 2.75) is 0 Å². The van der Waals surface area contributed by atoms with Crippen LogP contribution in [0.5, 0.6) is 0 Å². The molecule has 0 N–H and O–H groups in total. The molecule has 0 saturated carbocycles. The average molecular weight is 205 g/mol. The Bertz CT molecular complexity index is 88.9. The molecule has 0 aromatic rings. The van der Waals surface area contributed by atoms with Gasteiger partial charge in [-0.1, -0.05) is 27.2 Å². The van der Waals surface area contributed by atoms with E-state index in [9.17, 15) is 4.57 Å². The van der Waals surface area contributed by atoms with E-state index in [1.54, 1.807) is 6.66 Å². The van der Waals surface area contributed by atoms with Gasteiger partial charge in [-0.05, 0) is 0 Å². The van der Waals surface area contributed by atoms with Crippen LogP contribution in [0.2, 0.25) is 0 Å². The number of hydrogen-bond donors (Lipinski definition) is 0. The molecule has 0 radical (unpaired) electrons. The molecule has 0 amide bonds. The third kappa shape index (κ3) is 7.00. The summed E-state index contributed by atoms with van der Waals surface area (Å²) in [6, 6.07) is 0. The second kappa shape index (κ2) is 3.11. The Kier molecular flexibility index (Phi) is 3.56. The number of hydrogen-bond acceptors (Lipinski definition) is 1. The lowest BCUT2D eigenvalue weighted by molar-refractivity contribution is 0.588. The van der Waals surface area contributed by atoms with Crippen molar-refractivity contribution in [1.82, 2.24) is 0 Å². The molecule has 0 aliphatic carbocycles. The van der Waals surface area contributed by atoms with Crippen molar-refractivity contribution in [3.8, 4) is 0 Å². The van der Waals surface area contributed by atoms with Crippen molar-refractivity contribution in [2.75, 3.05) is 18.2 Å². The van der Waals surface area contributed by atoms with Crippen LogP contribution in [-0.2, 0) is 4.57 Å². The second-order valence-electron chi connectivity index (χ2n) is 1.40. The van der Waals surface area contributed by atoms with Crippen LogP contribution in [-0.4, -0.2) is 18.2 Å². The SMILES string of the molecule is CP(=O)(Cl)CCBr. The highest BCUT2D eigenvalue weighted by molar-refractivity contribution is 9.09. The van der Waals surface area contributed by atoms with E-state index in [4.69, 9.17) is 11.2 Å². The topological polar surface area (TPSA) is 17.1 Å². The van der Waals surface area contributed by atoms with Gasteiger partial charge in [0.2, 0.25) is 0 Å². The maximum Gasteiger partial charge on any atom is 0.167 e. The van der Waals surface area contributed by atoms with Gasteiger partial charge in [-0.15, -0.1) is 0 Å². The summed E-state index contributed by atoms with van der Waals surface area (Å²) in [5.41, 5.74) is 0. The largest absolute Gasteiger partial charge is 0.307 e. The molecule has 1 unspecified atom stereocenters. The molecule has 7 heavy (non-hydrogen) atoms. The quantitative estimate of drug-likeness (QED) is 0.500. The molecule has 4 heteroatoms. The molecule has 1 nitrogen and oxygen atoms in total. The summed E-state index contributed by atoms with van der Waals surface area (Å²) in [6.45, 7) is -0.675. The minimum Gasteiger partial charge on any atom is -0.307 e. The van der Waals surface area contributed by atoms with Gasteiger partial charge in [0.15, 0.2) is 6.49 Å². The van der Waals surface area contributed by atoms with Crippen LogP contribution < -0.4 is 0 Å². The van der Waals surface area contributed by atoms with Gasteiger partial charge in [-0.3, -0.25) is 0 Å². The maximum atomic E-state index is 10.6. The predicted octanol–water partition coefficient (Wildman–Crippen LogP) is 2.53. The minimum absolute atomic E-state index is 0.578. The Hall–Kier alpha value is 1.00. The fourth-order valence-electron chi connectivity index (χ4n) is 0.151. The van der Waals surface area contributed by atoms with E-state index in [2.05, 4.69) is 15.9 Å². The third-order valence-electron chi connectivity index (χ3n) is 0.484. The first kappa shape index (κ1) is 8.00. The standard InChI is InChI=1S/C3H7BrClOP/c1-7(5,6)3-2-4/h2-3H2,1H3. The monoisotopic (exact) mass is 204 g/mol. The minimum atomic E-state index is -2.24. The molecule has 0 aliphatic heterocycles. The molecule has 0 aliphatic rings. The summed E-state index contributed by atoms with van der Waals surface area (Å²) in [5.74, 6) is 0. The van der Waals surface area contributed by atoms with Crippen molar-refractivity contribution in [3.05, 3.63) is 0 Å². The van der Waals surface area contributed by atoms with Crippen LogP contribution in [0.25, 0.3) is 0 Å². The van der Waals surface area contributed by atoms with Gasteiger partial charge in [0.05, 0.1) is 0 Å². The molecule has 0 aromatic carbocycles. The molecule has 44 valence electrons. The van der Waals surface area contributed by atoms with Gasteiger partial charge in [0.25, 0.3) is 0 Å². The Morgan fingerprint density at radius 1 is 1.86 bits per heavy atom. The van der Waals surface area contributed by atoms with E-state index in [0.717, 1.165) is 5.33 Å². The number of alkyl halides is 1. The van der Waals surface area contributed by atoms with E-state index in [1.807, 2.05) is 0 Å². The van der Waals surface area contributed by atoms with Gasteiger partial charge < -0.3 is 4.57 Å². The van der Waals surface area contributed by atoms with Crippen LogP contribution in [0.4, 0.5) is 0 Å². The first-order valence-corrected chi connectivity index (χ1v) is 6.25. The lowest BCUT2D eigenvalue weighted by Gasteiger charge is -1.95. The van der Waals surface area contributed by atoms with Gasteiger partial charge in [-0.2, -0.15) is 0 Å². The zero-order chi connectivity index (χ0) is 5.91. The first-order chi connectivity index (χ1) is 3.06. The van der Waals surface area contributed by atoms with Gasteiger partial charge in [-0.25, -0.2) is 0 Å². The van der Waals surface area contributed by atoms with Gasteiger partial charge in [0, 0.05) is 18.2 Å². The van der Waals surface area contributed by atoms with Crippen molar-refractivity contribution >= 4 is 33.7 Å². The lowest BCUT2D eigenvalue weighted by atomic mass is 11.0. The number of rotatable bonds is 2. The van der Waals surface area contributed by atoms with Crippen LogP contribution in [0.15, 0.2) is 0 Å². The zero-order valence-electron chi connectivity index (χ0n) is 4.03. The molecule has 0 heterocycles. The van der Waals surface area contributed by atoms with Gasteiger partial charge in [0.1, 0.15) is 0 Å². The normalized spacial score (nSPS) is 18.7. The van der Waals surface area contributed by atoms with Crippen LogP contribution in [0, 0.1) is 0 Å². The molecular formula is C3H7BrClOP. The molecule has 0 bridgehead atoms. The average Bonchev–Trinajstić information content (AvgIpc) is 1.30. The van der Waals surface area contributed by atoms with E-state index < -0.39 is 6.49 Å². The van der Waals surface area contributed by atoms with E-state index in [1.165, 1.54) is 0 Å². The molecule has 0 rings (SSSR count). The van der Waals surface area contributed by atoms with E-state index in [0.29, 0.717) is 6.16 Å². The summed E-state index contributed by atoms with van der Waals surface area (Å²) >= 11 is 8.49. The molecule has 1 atom stereocenters. The smallest absolute Gasteiger partial charge is 0.167 e. The van der Waals surface area contributed by atoms with Crippen molar-refractivity contribution in [3.63, 3.8) is 0 Å². The molecule has 0 spiro atoms. The highest BCUT2D eigenvalue weighted by Gasteiger charge is 2.06. The predicted molar refractivity (Wildman–Crippen MR) is 38.0 cm³/mol. The fraction of sp³-hybridized carbons (Fsp3) is 1.00. The summed E-state index contributed by atoms with van der Waals surface area (Å²) in [5, 5.41) is 0.726. The number of halogens is 2. The van der Waals surface area contributed by atoms with Crippen molar-refractivity contribution in [2.24, 2.45) is 0 Å². The molecule has 0 saturated heterocycles. The van der Waals surface area contributed by atoms with Crippen LogP contribution in [0.3, 0.4) is 0 Å². The Morgan fingerprint density at radius 3 is 2.29 bits per heavy atom. The van der Waals surface area contributed by atoms with Gasteiger partial charge >= 0.3 is 0 Å². The van der Waals surface area contributed by atoms with E-state index >= 15 is 0 Å². The van der Waals surface area contributed by atoms with Crippen LogP contribution >= 0.6 is 33.7 Å². The maximum absolute atomic E-state index is 10.6. The fourth-order valence-corrected chi connectivity index (χ4v) is 3.35. The Balaban J connectivity index is 3.36. The summed E-state index contributed by atoms with van der Waals surface area (Å²) in [4.78, 5) is 0. The van der Waals surface area contributed by atoms with Crippen molar-refractivity contribution < 1.29 is 4.57 Å². The Labute approximate surface area is 56.7 Å². The van der Waals surface area contributed by atoms with Crippen molar-refractivity contribution in [1.29, 1.82) is 0 Å². The highest BCUT2D eigenvalue weighted by atomic mass is 79.9. The summed E-state index contributed by atoms with van der Waals surface area (Å²) < 4.78 is 10.6. The summed E-state index contributed by atoms with van der Waals surface area (Å²) in [7, 11) is 0. The molecule has 0 aromatic heterocycles. The third-order valence-corrected chi connectivity index (χ3v) is 3.02. The molecule has 0 fully saturated rings. The zero-order valence-corrected chi connectivity index (χ0v) is 7.26.